The lowest BCUT2D eigenvalue weighted by Gasteiger charge is -2.41. The number of carbonyl (C=O) groups is 3. The van der Waals surface area contributed by atoms with Crippen LogP contribution in [0.5, 0.6) is 0 Å². The fourth-order valence-electron chi connectivity index (χ4n) is 2.05. The van der Waals surface area contributed by atoms with E-state index in [-0.39, 0.29) is 0 Å². The molecule has 1 unspecified atom stereocenters. The van der Waals surface area contributed by atoms with E-state index in [0.717, 1.165) is 6.92 Å². The number of aliphatic hydroxyl groups excluding tert-OH is 1. The molecule has 20 heavy (non-hydrogen) atoms. The summed E-state index contributed by atoms with van der Waals surface area (Å²) in [6.07, 6.45) is -4.92. The van der Waals surface area contributed by atoms with Crippen molar-refractivity contribution in [3.63, 3.8) is 0 Å². The lowest BCUT2D eigenvalue weighted by atomic mass is 9.90. The second-order valence-corrected chi connectivity index (χ2v) is 4.48. The average molecular weight is 290 g/mol. The molecule has 0 aromatic carbocycles. The third kappa shape index (κ3) is 3.67. The maximum absolute atomic E-state index is 11.6. The van der Waals surface area contributed by atoms with Crippen LogP contribution in [0.2, 0.25) is 0 Å². The van der Waals surface area contributed by atoms with E-state index in [9.17, 15) is 19.5 Å². The first-order chi connectivity index (χ1) is 9.27. The van der Waals surface area contributed by atoms with Gasteiger partial charge in [0.1, 0.15) is 6.10 Å². The van der Waals surface area contributed by atoms with Crippen LogP contribution < -0.4 is 0 Å². The van der Waals surface area contributed by atoms with Crippen LogP contribution in [-0.2, 0) is 33.3 Å². The monoisotopic (exact) mass is 290 g/mol. The number of carbonyl (C=O) groups excluding carboxylic acids is 3. The molecule has 0 aromatic heterocycles. The van der Waals surface area contributed by atoms with Crippen molar-refractivity contribution in [3.05, 3.63) is 0 Å². The van der Waals surface area contributed by atoms with E-state index < -0.39 is 48.4 Å². The van der Waals surface area contributed by atoms with Gasteiger partial charge in [-0.25, -0.2) is 4.79 Å². The number of rotatable bonds is 3. The maximum Gasteiger partial charge on any atom is 0.335 e. The molecule has 0 spiro atoms. The van der Waals surface area contributed by atoms with E-state index in [4.69, 9.17) is 14.2 Å². The van der Waals surface area contributed by atoms with Crippen LogP contribution in [0.3, 0.4) is 0 Å². The van der Waals surface area contributed by atoms with Crippen LogP contribution in [-0.4, -0.2) is 54.7 Å². The second-order valence-electron chi connectivity index (χ2n) is 4.48. The quantitative estimate of drug-likeness (QED) is 0.541. The van der Waals surface area contributed by atoms with Crippen molar-refractivity contribution >= 4 is 17.9 Å². The Morgan fingerprint density at radius 1 is 1.05 bits per heavy atom. The summed E-state index contributed by atoms with van der Waals surface area (Å²) in [6.45, 7) is 3.89. The highest BCUT2D eigenvalue weighted by Crippen LogP contribution is 2.30. The van der Waals surface area contributed by atoms with Crippen LogP contribution in [0.4, 0.5) is 0 Å². The van der Waals surface area contributed by atoms with E-state index >= 15 is 0 Å². The van der Waals surface area contributed by atoms with Gasteiger partial charge in [0, 0.05) is 19.8 Å². The molecule has 1 rings (SSSR count). The standard InChI is InChI=1S/C12H18O8/c1-5-8(18-6(2)13)10(19-7(3)14)12(16)20-9(5)11(15)17-4/h5,8-10,12,16H,1-4H3/t5-,8-,9-,10+,12?/m0/s1. The lowest BCUT2D eigenvalue weighted by Crippen LogP contribution is -2.58. The molecule has 1 aliphatic heterocycles. The van der Waals surface area contributed by atoms with Crippen LogP contribution in [0.15, 0.2) is 0 Å². The molecular formula is C12H18O8. The first-order valence-corrected chi connectivity index (χ1v) is 6.03. The molecule has 8 nitrogen and oxygen atoms in total. The molecule has 1 aliphatic rings. The number of esters is 3. The van der Waals surface area contributed by atoms with Crippen molar-refractivity contribution in [2.45, 2.75) is 45.4 Å². The first kappa shape index (κ1) is 16.4. The van der Waals surface area contributed by atoms with Gasteiger partial charge in [-0.3, -0.25) is 9.59 Å². The minimum absolute atomic E-state index is 0.628. The molecule has 1 heterocycles. The molecule has 0 bridgehead atoms. The Hall–Kier alpha value is -1.67. The van der Waals surface area contributed by atoms with Crippen molar-refractivity contribution in [2.75, 3.05) is 7.11 Å². The zero-order valence-electron chi connectivity index (χ0n) is 11.7. The third-order valence-electron chi connectivity index (χ3n) is 2.92. The fourth-order valence-corrected chi connectivity index (χ4v) is 2.05. The smallest absolute Gasteiger partial charge is 0.335 e. The summed E-state index contributed by atoms with van der Waals surface area (Å²) in [5.74, 6) is -2.66. The SMILES string of the molecule is COC(=O)[C@H]1OC(O)[C@H](OC(C)=O)[C@@H](OC(C)=O)[C@@H]1C. The van der Waals surface area contributed by atoms with Gasteiger partial charge in [0.05, 0.1) is 7.11 Å². The van der Waals surface area contributed by atoms with Crippen LogP contribution in [0.1, 0.15) is 20.8 Å². The molecule has 1 N–H and O–H groups in total. The second kappa shape index (κ2) is 6.67. The van der Waals surface area contributed by atoms with Crippen molar-refractivity contribution in [3.8, 4) is 0 Å². The van der Waals surface area contributed by atoms with E-state index in [0.29, 0.717) is 0 Å². The van der Waals surface area contributed by atoms with Gasteiger partial charge in [0.25, 0.3) is 0 Å². The molecule has 8 heteroatoms. The topological polar surface area (TPSA) is 108 Å². The maximum atomic E-state index is 11.6. The Morgan fingerprint density at radius 2 is 1.55 bits per heavy atom. The summed E-state index contributed by atoms with van der Waals surface area (Å²) in [7, 11) is 1.17. The Kier molecular flexibility index (Phi) is 5.46. The zero-order chi connectivity index (χ0) is 15.4. The van der Waals surface area contributed by atoms with Gasteiger partial charge in [0.15, 0.2) is 18.5 Å². The Balaban J connectivity index is 2.99. The highest BCUT2D eigenvalue weighted by molar-refractivity contribution is 5.75. The minimum atomic E-state index is -1.59. The molecule has 0 aliphatic carbocycles. The number of ether oxygens (including phenoxy) is 4. The number of methoxy groups -OCH3 is 1. The molecule has 114 valence electrons. The Morgan fingerprint density at radius 3 is 2.00 bits per heavy atom. The summed E-state index contributed by atoms with van der Waals surface area (Å²) in [5, 5.41) is 9.84. The molecular weight excluding hydrogens is 272 g/mol. The van der Waals surface area contributed by atoms with E-state index in [1.807, 2.05) is 0 Å². The van der Waals surface area contributed by atoms with E-state index in [2.05, 4.69) is 4.74 Å². The molecule has 0 saturated carbocycles. The van der Waals surface area contributed by atoms with Gasteiger partial charge in [-0.2, -0.15) is 0 Å². The first-order valence-electron chi connectivity index (χ1n) is 6.03. The van der Waals surface area contributed by atoms with Crippen molar-refractivity contribution in [1.82, 2.24) is 0 Å². The number of hydrogen-bond donors (Lipinski definition) is 1. The van der Waals surface area contributed by atoms with E-state index in [1.54, 1.807) is 6.92 Å². The Bertz CT molecular complexity index is 393. The van der Waals surface area contributed by atoms with E-state index in [1.165, 1.54) is 14.0 Å². The molecule has 0 radical (unpaired) electrons. The van der Waals surface area contributed by atoms with Gasteiger partial charge in [0.2, 0.25) is 0 Å². The summed E-state index contributed by atoms with van der Waals surface area (Å²) < 4.78 is 19.6. The number of hydrogen-bond acceptors (Lipinski definition) is 8. The lowest BCUT2D eigenvalue weighted by molar-refractivity contribution is -0.274. The summed E-state index contributed by atoms with van der Waals surface area (Å²) >= 11 is 0. The molecule has 5 atom stereocenters. The Labute approximate surface area is 115 Å². The van der Waals surface area contributed by atoms with Gasteiger partial charge in [-0.15, -0.1) is 0 Å². The zero-order valence-corrected chi connectivity index (χ0v) is 11.7. The number of aliphatic hydroxyl groups is 1. The van der Waals surface area contributed by atoms with Gasteiger partial charge < -0.3 is 24.1 Å². The van der Waals surface area contributed by atoms with Gasteiger partial charge >= 0.3 is 17.9 Å². The van der Waals surface area contributed by atoms with Gasteiger partial charge in [-0.1, -0.05) is 6.92 Å². The van der Waals surface area contributed by atoms with Crippen molar-refractivity contribution in [2.24, 2.45) is 5.92 Å². The average Bonchev–Trinajstić information content (AvgIpc) is 2.36. The highest BCUT2D eigenvalue weighted by Gasteiger charge is 2.50. The minimum Gasteiger partial charge on any atom is -0.467 e. The molecule has 1 saturated heterocycles. The normalized spacial score (nSPS) is 33.1. The van der Waals surface area contributed by atoms with Crippen molar-refractivity contribution in [1.29, 1.82) is 0 Å². The van der Waals surface area contributed by atoms with Crippen LogP contribution in [0, 0.1) is 5.92 Å². The van der Waals surface area contributed by atoms with Gasteiger partial charge in [-0.05, 0) is 0 Å². The predicted octanol–water partition coefficient (Wildman–Crippen LogP) is -0.624. The fraction of sp³-hybridized carbons (Fsp3) is 0.750. The van der Waals surface area contributed by atoms with Crippen molar-refractivity contribution < 1.29 is 38.4 Å². The largest absolute Gasteiger partial charge is 0.467 e. The molecule has 0 aromatic rings. The third-order valence-corrected chi connectivity index (χ3v) is 2.92. The van der Waals surface area contributed by atoms with Crippen LogP contribution in [0.25, 0.3) is 0 Å². The predicted molar refractivity (Wildman–Crippen MR) is 63.2 cm³/mol. The summed E-state index contributed by atoms with van der Waals surface area (Å²) in [4.78, 5) is 33.8. The molecule has 1 fully saturated rings. The molecule has 0 amide bonds. The highest BCUT2D eigenvalue weighted by atomic mass is 16.7. The summed E-state index contributed by atoms with van der Waals surface area (Å²) in [6, 6.07) is 0. The van der Waals surface area contributed by atoms with Crippen LogP contribution >= 0.6 is 0 Å². The summed E-state index contributed by atoms with van der Waals surface area (Å²) in [5.41, 5.74) is 0.